The molecule has 0 spiro atoms. The molecule has 4 fully saturated rings. The molecule has 0 aromatic carbocycles. The minimum Gasteiger partial charge on any atom is -0.394 e. The van der Waals surface area contributed by atoms with Gasteiger partial charge < -0.3 is 83.2 Å². The van der Waals surface area contributed by atoms with E-state index in [0.29, 0.717) is 19.4 Å². The van der Waals surface area contributed by atoms with Gasteiger partial charge >= 0.3 is 0 Å². The Hall–Kier alpha value is -1.13. The van der Waals surface area contributed by atoms with E-state index < -0.39 is 78.5 Å². The van der Waals surface area contributed by atoms with Gasteiger partial charge in [-0.2, -0.15) is 0 Å². The Balaban J connectivity index is 1.51. The summed E-state index contributed by atoms with van der Waals surface area (Å²) in [5.74, 6) is -0.0583. The van der Waals surface area contributed by atoms with Crippen molar-refractivity contribution in [2.75, 3.05) is 33.4 Å². The van der Waals surface area contributed by atoms with Crippen LogP contribution >= 0.6 is 0 Å². The SMILES string of the molecule is CN[C@@H]1[C@@H](O)[C@@H](O[C@@H]2[C@@H](O)[C@H](O[C@H]3O[C@H](CNCC(O)CO)CC[C@H]3N)[C@@H](N)C[C@H]2N=C(N)C2(O)CC(N)C2)OC[C@]1(C)O. The summed E-state index contributed by atoms with van der Waals surface area (Å²) in [5.41, 5.74) is 22.2. The van der Waals surface area contributed by atoms with Gasteiger partial charge in [0.1, 0.15) is 41.5 Å². The molecule has 44 heavy (non-hydrogen) atoms. The molecule has 0 bridgehead atoms. The van der Waals surface area contributed by atoms with Gasteiger partial charge in [-0.1, -0.05) is 0 Å². The van der Waals surface area contributed by atoms with Crippen LogP contribution in [0.2, 0.25) is 0 Å². The molecule has 4 rings (SSSR count). The van der Waals surface area contributed by atoms with Crippen LogP contribution in [0, 0.1) is 0 Å². The van der Waals surface area contributed by atoms with Crippen molar-refractivity contribution in [1.29, 1.82) is 0 Å². The Morgan fingerprint density at radius 2 is 1.73 bits per heavy atom. The number of amidine groups is 1. The van der Waals surface area contributed by atoms with E-state index in [0.717, 1.165) is 0 Å². The number of aliphatic hydroxyl groups is 6. The highest BCUT2D eigenvalue weighted by Crippen LogP contribution is 2.35. The average Bonchev–Trinajstić information content (AvgIpc) is 2.94. The van der Waals surface area contributed by atoms with E-state index in [1.165, 1.54) is 6.92 Å². The van der Waals surface area contributed by atoms with Crippen LogP contribution in [0.5, 0.6) is 0 Å². The van der Waals surface area contributed by atoms with Crippen LogP contribution in [-0.2, 0) is 18.9 Å². The van der Waals surface area contributed by atoms with Crippen molar-refractivity contribution in [3.8, 4) is 0 Å². The summed E-state index contributed by atoms with van der Waals surface area (Å²) in [4.78, 5) is 4.53. The Morgan fingerprint density at radius 1 is 1.05 bits per heavy atom. The summed E-state index contributed by atoms with van der Waals surface area (Å²) in [6, 6.07) is -3.17. The Bertz CT molecular complexity index is 960. The van der Waals surface area contributed by atoms with Gasteiger partial charge in [0.15, 0.2) is 12.6 Å². The number of aliphatic imine (C=N–C) groups is 1. The van der Waals surface area contributed by atoms with Crippen LogP contribution in [0.3, 0.4) is 0 Å². The molecule has 0 aromatic heterocycles. The Morgan fingerprint density at radius 3 is 2.36 bits per heavy atom. The van der Waals surface area contributed by atoms with Gasteiger partial charge in [0.25, 0.3) is 0 Å². The second-order valence-electron chi connectivity index (χ2n) is 13.0. The number of rotatable bonds is 12. The smallest absolute Gasteiger partial charge is 0.185 e. The van der Waals surface area contributed by atoms with Gasteiger partial charge in [0.05, 0.1) is 43.5 Å². The monoisotopic (exact) mass is 635 g/mol. The summed E-state index contributed by atoms with van der Waals surface area (Å²) < 4.78 is 24.2. The standard InChI is InChI=1S/C27H53N7O10/c1-26(39)11-41-24(19(38)22(26)32-2)44-21-17(34-25(31)27(40)6-12(28)7-27)5-16(30)20(18(21)37)43-23-15(29)4-3-14(42-23)9-33-8-13(36)10-35/h12-24,32-33,35-40H,3-11,28-30H2,1-2H3,(H2,31,34)/t12?,13?,14-,15+,16-,17+,18-,19+,20+,21-,22+,23+,24+,26-,27?/m0/s1. The van der Waals surface area contributed by atoms with E-state index in [1.54, 1.807) is 7.05 Å². The Labute approximate surface area is 257 Å². The lowest BCUT2D eigenvalue weighted by molar-refractivity contribution is -0.306. The minimum absolute atomic E-state index is 0.0583. The largest absolute Gasteiger partial charge is 0.394 e. The lowest BCUT2D eigenvalue weighted by Crippen LogP contribution is -2.68. The third-order valence-electron chi connectivity index (χ3n) is 9.15. The molecule has 13 atom stereocenters. The number of nitrogens with zero attached hydrogens (tertiary/aromatic N) is 1. The van der Waals surface area contributed by atoms with E-state index in [-0.39, 0.29) is 57.0 Å². The molecule has 0 amide bonds. The van der Waals surface area contributed by atoms with Crippen molar-refractivity contribution in [3.63, 3.8) is 0 Å². The summed E-state index contributed by atoms with van der Waals surface area (Å²) >= 11 is 0. The number of hydrogen-bond acceptors (Lipinski definition) is 16. The number of nitrogens with two attached hydrogens (primary N) is 4. The molecule has 0 aromatic rings. The third-order valence-corrected chi connectivity index (χ3v) is 9.15. The first kappa shape index (κ1) is 35.7. The molecule has 0 radical (unpaired) electrons. The van der Waals surface area contributed by atoms with Crippen LogP contribution in [0.1, 0.15) is 39.0 Å². The first-order valence-corrected chi connectivity index (χ1v) is 15.3. The molecule has 2 aliphatic carbocycles. The number of ether oxygens (including phenoxy) is 4. The molecular formula is C27H53N7O10. The zero-order valence-corrected chi connectivity index (χ0v) is 25.4. The van der Waals surface area contributed by atoms with Crippen molar-refractivity contribution < 1.29 is 49.6 Å². The van der Waals surface area contributed by atoms with E-state index in [9.17, 15) is 25.5 Å². The fourth-order valence-corrected chi connectivity index (χ4v) is 6.52. The fraction of sp³-hybridized carbons (Fsp3) is 0.963. The third kappa shape index (κ3) is 8.04. The summed E-state index contributed by atoms with van der Waals surface area (Å²) in [6.07, 6.45) is -6.54. The van der Waals surface area contributed by atoms with Crippen LogP contribution in [0.25, 0.3) is 0 Å². The van der Waals surface area contributed by atoms with Crippen LogP contribution < -0.4 is 33.6 Å². The van der Waals surface area contributed by atoms with Gasteiger partial charge in [0.2, 0.25) is 0 Å². The number of hydrogen-bond donors (Lipinski definition) is 12. The molecule has 256 valence electrons. The predicted molar refractivity (Wildman–Crippen MR) is 157 cm³/mol. The quantitative estimate of drug-likeness (QED) is 0.0702. The average molecular weight is 636 g/mol. The topological polar surface area (TPSA) is 299 Å². The van der Waals surface area contributed by atoms with Gasteiger partial charge in [-0.15, -0.1) is 0 Å². The molecule has 1 unspecified atom stereocenters. The molecule has 2 saturated carbocycles. The van der Waals surface area contributed by atoms with Gasteiger partial charge in [-0.05, 0) is 46.1 Å². The minimum atomic E-state index is -1.42. The maximum atomic E-state index is 11.7. The van der Waals surface area contributed by atoms with Crippen LogP contribution in [-0.4, -0.2) is 160 Å². The second kappa shape index (κ2) is 14.7. The molecule has 4 aliphatic rings. The molecule has 2 saturated heterocycles. The highest BCUT2D eigenvalue weighted by atomic mass is 16.7. The van der Waals surface area contributed by atoms with Gasteiger partial charge in [-0.25, -0.2) is 0 Å². The molecule has 17 heteroatoms. The number of likely N-dealkylation sites (N-methyl/N-ethyl adjacent to an activating group) is 1. The number of aliphatic hydroxyl groups excluding tert-OH is 4. The summed E-state index contributed by atoms with van der Waals surface area (Å²) in [6.45, 7) is 1.56. The fourth-order valence-electron chi connectivity index (χ4n) is 6.52. The first-order valence-electron chi connectivity index (χ1n) is 15.3. The van der Waals surface area contributed by atoms with Gasteiger partial charge in [-0.3, -0.25) is 4.99 Å². The van der Waals surface area contributed by atoms with E-state index >= 15 is 0 Å². The molecule has 2 aliphatic heterocycles. The lowest BCUT2D eigenvalue weighted by atomic mass is 9.75. The molecular weight excluding hydrogens is 582 g/mol. The maximum Gasteiger partial charge on any atom is 0.185 e. The van der Waals surface area contributed by atoms with Crippen LogP contribution in [0.15, 0.2) is 4.99 Å². The molecule has 16 N–H and O–H groups in total. The normalized spacial score (nSPS) is 47.7. The van der Waals surface area contributed by atoms with E-state index in [4.69, 9.17) is 47.0 Å². The van der Waals surface area contributed by atoms with Crippen molar-refractivity contribution in [2.24, 2.45) is 27.9 Å². The summed E-state index contributed by atoms with van der Waals surface area (Å²) in [7, 11) is 1.59. The highest BCUT2D eigenvalue weighted by molar-refractivity contribution is 5.90. The molecule has 2 heterocycles. The number of nitrogens with one attached hydrogen (secondary N) is 2. The maximum absolute atomic E-state index is 11.7. The van der Waals surface area contributed by atoms with Crippen molar-refractivity contribution in [1.82, 2.24) is 10.6 Å². The predicted octanol–water partition coefficient (Wildman–Crippen LogP) is -5.74. The second-order valence-corrected chi connectivity index (χ2v) is 13.0. The van der Waals surface area contributed by atoms with Crippen molar-refractivity contribution >= 4 is 5.84 Å². The highest BCUT2D eigenvalue weighted by Gasteiger charge is 2.52. The van der Waals surface area contributed by atoms with Crippen molar-refractivity contribution in [2.45, 2.75) is 130 Å². The van der Waals surface area contributed by atoms with Gasteiger partial charge in [0, 0.05) is 25.2 Å². The van der Waals surface area contributed by atoms with Crippen LogP contribution in [0.4, 0.5) is 0 Å². The van der Waals surface area contributed by atoms with E-state index in [2.05, 4.69) is 15.6 Å². The first-order chi connectivity index (χ1) is 20.7. The lowest BCUT2D eigenvalue weighted by Gasteiger charge is -2.48. The zero-order chi connectivity index (χ0) is 32.4. The Kier molecular flexibility index (Phi) is 12.0. The van der Waals surface area contributed by atoms with Crippen molar-refractivity contribution in [3.05, 3.63) is 0 Å². The summed E-state index contributed by atoms with van der Waals surface area (Å²) in [5, 5.41) is 68.8. The zero-order valence-electron chi connectivity index (χ0n) is 25.4. The molecule has 17 nitrogen and oxygen atoms in total. The van der Waals surface area contributed by atoms with E-state index in [1.807, 2.05) is 0 Å².